The second-order valence-electron chi connectivity index (χ2n) is 2.30. The van der Waals surface area contributed by atoms with Crippen molar-refractivity contribution in [2.45, 2.75) is 0 Å². The molecule has 13 heavy (non-hydrogen) atoms. The van der Waals surface area contributed by atoms with Crippen LogP contribution in [0.4, 0.5) is 0 Å². The van der Waals surface area contributed by atoms with Crippen LogP contribution in [-0.4, -0.2) is 18.4 Å². The third kappa shape index (κ3) is 1.92. The van der Waals surface area contributed by atoms with E-state index in [1.165, 1.54) is 13.3 Å². The van der Waals surface area contributed by atoms with Gasteiger partial charge in [-0.15, -0.1) is 0 Å². The van der Waals surface area contributed by atoms with Gasteiger partial charge in [0.15, 0.2) is 11.5 Å². The van der Waals surface area contributed by atoms with Crippen molar-refractivity contribution in [2.24, 2.45) is 10.9 Å². The highest BCUT2D eigenvalue weighted by molar-refractivity contribution is 9.10. The lowest BCUT2D eigenvalue weighted by Crippen LogP contribution is -1.90. The van der Waals surface area contributed by atoms with Crippen molar-refractivity contribution in [2.75, 3.05) is 7.11 Å². The maximum atomic E-state index is 9.53. The normalized spacial score (nSPS) is 10.6. The fraction of sp³-hybridized carbons (Fsp3) is 0.125. The van der Waals surface area contributed by atoms with Crippen LogP contribution in [0.1, 0.15) is 5.56 Å². The third-order valence-corrected chi connectivity index (χ3v) is 2.38. The molecule has 0 aliphatic heterocycles. The molecule has 0 aromatic heterocycles. The summed E-state index contributed by atoms with van der Waals surface area (Å²) in [7, 11) is 1.48. The SMILES string of the molecule is COc1ccc(/C=N/N)c(Br)c1O. The molecule has 0 bridgehead atoms. The topological polar surface area (TPSA) is 67.8 Å². The second-order valence-corrected chi connectivity index (χ2v) is 3.09. The van der Waals surface area contributed by atoms with Gasteiger partial charge in [0.25, 0.3) is 0 Å². The van der Waals surface area contributed by atoms with Crippen LogP contribution in [0, 0.1) is 0 Å². The highest BCUT2D eigenvalue weighted by Crippen LogP contribution is 2.35. The molecule has 0 saturated carbocycles. The second kappa shape index (κ2) is 4.13. The molecule has 4 nitrogen and oxygen atoms in total. The van der Waals surface area contributed by atoms with Gasteiger partial charge in [0.05, 0.1) is 17.8 Å². The minimum absolute atomic E-state index is 0.0416. The first-order valence-corrected chi connectivity index (χ1v) is 4.28. The molecule has 0 spiro atoms. The maximum absolute atomic E-state index is 9.53. The van der Waals surface area contributed by atoms with Crippen molar-refractivity contribution in [1.82, 2.24) is 0 Å². The summed E-state index contributed by atoms with van der Waals surface area (Å²) in [6, 6.07) is 3.37. The molecule has 0 atom stereocenters. The molecule has 0 fully saturated rings. The van der Waals surface area contributed by atoms with Gasteiger partial charge in [0.2, 0.25) is 0 Å². The fourth-order valence-corrected chi connectivity index (χ4v) is 1.34. The van der Waals surface area contributed by atoms with E-state index in [1.54, 1.807) is 12.1 Å². The van der Waals surface area contributed by atoms with Crippen LogP contribution < -0.4 is 10.6 Å². The summed E-state index contributed by atoms with van der Waals surface area (Å²) in [5, 5.41) is 12.9. The molecule has 0 heterocycles. The molecular formula is C8H9BrN2O2. The number of phenolic OH excluding ortho intramolecular Hbond substituents is 1. The Hall–Kier alpha value is -1.23. The monoisotopic (exact) mass is 244 g/mol. The number of rotatable bonds is 2. The van der Waals surface area contributed by atoms with E-state index < -0.39 is 0 Å². The Labute approximate surface area is 84.1 Å². The number of hydrogen-bond acceptors (Lipinski definition) is 4. The van der Waals surface area contributed by atoms with Gasteiger partial charge >= 0.3 is 0 Å². The Morgan fingerprint density at radius 1 is 1.62 bits per heavy atom. The van der Waals surface area contributed by atoms with E-state index in [0.29, 0.717) is 15.8 Å². The van der Waals surface area contributed by atoms with Gasteiger partial charge in [-0.1, -0.05) is 0 Å². The first-order chi connectivity index (χ1) is 6.20. The summed E-state index contributed by atoms with van der Waals surface area (Å²) in [6.07, 6.45) is 1.43. The number of nitrogens with zero attached hydrogens (tertiary/aromatic N) is 1. The molecule has 0 aliphatic rings. The zero-order valence-electron chi connectivity index (χ0n) is 6.99. The number of hydrazone groups is 1. The van der Waals surface area contributed by atoms with Crippen molar-refractivity contribution in [3.8, 4) is 11.5 Å². The highest BCUT2D eigenvalue weighted by atomic mass is 79.9. The molecule has 5 heteroatoms. The number of nitrogens with two attached hydrogens (primary N) is 1. The Kier molecular flexibility index (Phi) is 3.13. The molecule has 0 amide bonds. The van der Waals surface area contributed by atoms with E-state index in [0.717, 1.165) is 0 Å². The van der Waals surface area contributed by atoms with Crippen LogP contribution in [-0.2, 0) is 0 Å². The lowest BCUT2D eigenvalue weighted by Gasteiger charge is -2.06. The third-order valence-electron chi connectivity index (χ3n) is 1.54. The van der Waals surface area contributed by atoms with E-state index in [4.69, 9.17) is 10.6 Å². The van der Waals surface area contributed by atoms with E-state index in [1.807, 2.05) is 0 Å². The largest absolute Gasteiger partial charge is 0.503 e. The van der Waals surface area contributed by atoms with Crippen molar-refractivity contribution < 1.29 is 9.84 Å². The van der Waals surface area contributed by atoms with Gasteiger partial charge in [-0.25, -0.2) is 0 Å². The first-order valence-electron chi connectivity index (χ1n) is 3.49. The van der Waals surface area contributed by atoms with Crippen LogP contribution in [0.2, 0.25) is 0 Å². The Bertz CT molecular complexity index is 339. The molecule has 1 aromatic rings. The number of aromatic hydroxyl groups is 1. The molecule has 1 rings (SSSR count). The summed E-state index contributed by atoms with van der Waals surface area (Å²) in [4.78, 5) is 0. The van der Waals surface area contributed by atoms with Crippen molar-refractivity contribution in [1.29, 1.82) is 0 Å². The van der Waals surface area contributed by atoms with Crippen LogP contribution in [0.25, 0.3) is 0 Å². The quantitative estimate of drug-likeness (QED) is 0.470. The molecule has 0 radical (unpaired) electrons. The van der Waals surface area contributed by atoms with Crippen LogP contribution in [0.15, 0.2) is 21.7 Å². The maximum Gasteiger partial charge on any atom is 0.172 e. The lowest BCUT2D eigenvalue weighted by molar-refractivity contribution is 0.372. The van der Waals surface area contributed by atoms with Gasteiger partial charge in [-0.3, -0.25) is 0 Å². The zero-order chi connectivity index (χ0) is 9.84. The van der Waals surface area contributed by atoms with Crippen LogP contribution in [0.3, 0.4) is 0 Å². The number of halogens is 1. The van der Waals surface area contributed by atoms with Crippen LogP contribution in [0.5, 0.6) is 11.5 Å². The zero-order valence-corrected chi connectivity index (χ0v) is 8.58. The minimum atomic E-state index is 0.0416. The van der Waals surface area contributed by atoms with E-state index in [2.05, 4.69) is 21.0 Å². The Morgan fingerprint density at radius 3 is 2.85 bits per heavy atom. The molecular weight excluding hydrogens is 236 g/mol. The smallest absolute Gasteiger partial charge is 0.172 e. The first kappa shape index (κ1) is 9.85. The van der Waals surface area contributed by atoms with Crippen molar-refractivity contribution >= 4 is 22.1 Å². The van der Waals surface area contributed by atoms with E-state index >= 15 is 0 Å². The Balaban J connectivity index is 3.22. The van der Waals surface area contributed by atoms with Gasteiger partial charge in [-0.2, -0.15) is 5.10 Å². The van der Waals surface area contributed by atoms with E-state index in [-0.39, 0.29) is 5.75 Å². The van der Waals surface area contributed by atoms with Gasteiger partial charge in [-0.05, 0) is 28.1 Å². The number of benzene rings is 1. The summed E-state index contributed by atoms with van der Waals surface area (Å²) < 4.78 is 5.42. The number of phenols is 1. The number of ether oxygens (including phenoxy) is 1. The molecule has 0 aliphatic carbocycles. The van der Waals surface area contributed by atoms with Crippen LogP contribution >= 0.6 is 15.9 Å². The number of methoxy groups -OCH3 is 1. The predicted octanol–water partition coefficient (Wildman–Crippen LogP) is 1.46. The predicted molar refractivity (Wildman–Crippen MR) is 54.1 cm³/mol. The molecule has 0 saturated heterocycles. The Morgan fingerprint density at radius 2 is 2.31 bits per heavy atom. The highest BCUT2D eigenvalue weighted by Gasteiger charge is 2.08. The minimum Gasteiger partial charge on any atom is -0.503 e. The fourth-order valence-electron chi connectivity index (χ4n) is 0.907. The van der Waals surface area contributed by atoms with Crippen molar-refractivity contribution in [3.63, 3.8) is 0 Å². The molecule has 70 valence electrons. The standard InChI is InChI=1S/C8H9BrN2O2/c1-13-6-3-2-5(4-11-10)7(9)8(6)12/h2-4,12H,10H2,1H3/b11-4+. The van der Waals surface area contributed by atoms with Gasteiger partial charge < -0.3 is 15.7 Å². The summed E-state index contributed by atoms with van der Waals surface area (Å²) in [5.41, 5.74) is 0.695. The van der Waals surface area contributed by atoms with Gasteiger partial charge in [0.1, 0.15) is 0 Å². The summed E-state index contributed by atoms with van der Waals surface area (Å²) in [6.45, 7) is 0. The number of hydrogen-bond donors (Lipinski definition) is 2. The van der Waals surface area contributed by atoms with Gasteiger partial charge in [0, 0.05) is 5.56 Å². The summed E-state index contributed by atoms with van der Waals surface area (Å²) >= 11 is 3.20. The molecule has 3 N–H and O–H groups in total. The van der Waals surface area contributed by atoms with Crippen molar-refractivity contribution in [3.05, 3.63) is 22.2 Å². The molecule has 0 unspecified atom stereocenters. The lowest BCUT2D eigenvalue weighted by atomic mass is 10.2. The average Bonchev–Trinajstić information content (AvgIpc) is 2.14. The van der Waals surface area contributed by atoms with E-state index in [9.17, 15) is 5.11 Å². The summed E-state index contributed by atoms with van der Waals surface area (Å²) in [5.74, 6) is 5.43. The molecule has 1 aromatic carbocycles. The average molecular weight is 245 g/mol.